The number of rotatable bonds is 5. The molecular formula is C9H15N3OS2. The van der Waals surface area contributed by atoms with Crippen LogP contribution in [0.15, 0.2) is 9.95 Å². The highest BCUT2D eigenvalue weighted by Gasteiger charge is 2.28. The number of hydrogen-bond acceptors (Lipinski definition) is 4. The molecule has 1 aliphatic rings. The maximum Gasteiger partial charge on any atom is 0.344 e. The summed E-state index contributed by atoms with van der Waals surface area (Å²) in [7, 11) is 0. The van der Waals surface area contributed by atoms with E-state index in [-0.39, 0.29) is 5.69 Å². The van der Waals surface area contributed by atoms with E-state index in [2.05, 4.69) is 29.7 Å². The number of aromatic amines is 1. The van der Waals surface area contributed by atoms with Gasteiger partial charge in [0.2, 0.25) is 0 Å². The molecule has 1 unspecified atom stereocenters. The Kier molecular flexibility index (Phi) is 3.45. The lowest BCUT2D eigenvalue weighted by Crippen LogP contribution is -2.16. The molecule has 2 rings (SSSR count). The molecule has 0 aliphatic heterocycles. The summed E-state index contributed by atoms with van der Waals surface area (Å²) in [5.74, 6) is 2.36. The van der Waals surface area contributed by atoms with Crippen molar-refractivity contribution < 1.29 is 0 Å². The predicted molar refractivity (Wildman–Crippen MR) is 64.9 cm³/mol. The molecule has 1 aliphatic carbocycles. The lowest BCUT2D eigenvalue weighted by Gasteiger charge is -2.07. The summed E-state index contributed by atoms with van der Waals surface area (Å²) in [5.41, 5.74) is -0.0708. The second kappa shape index (κ2) is 4.65. The van der Waals surface area contributed by atoms with E-state index in [1.807, 2.05) is 0 Å². The molecular weight excluding hydrogens is 230 g/mol. The second-order valence-corrected chi connectivity index (χ2v) is 5.36. The fourth-order valence-electron chi connectivity index (χ4n) is 1.32. The molecule has 4 nitrogen and oxygen atoms in total. The van der Waals surface area contributed by atoms with E-state index in [9.17, 15) is 4.79 Å². The molecule has 0 radical (unpaired) electrons. The molecule has 1 atom stereocenters. The highest BCUT2D eigenvalue weighted by molar-refractivity contribution is 7.99. The number of aromatic nitrogens is 3. The molecule has 0 amide bonds. The Morgan fingerprint density at radius 1 is 1.73 bits per heavy atom. The van der Waals surface area contributed by atoms with Crippen molar-refractivity contribution in [3.05, 3.63) is 10.5 Å². The van der Waals surface area contributed by atoms with Gasteiger partial charge in [-0.2, -0.15) is 12.6 Å². The van der Waals surface area contributed by atoms with Crippen LogP contribution >= 0.6 is 24.4 Å². The fourth-order valence-corrected chi connectivity index (χ4v) is 2.65. The summed E-state index contributed by atoms with van der Waals surface area (Å²) >= 11 is 5.88. The van der Waals surface area contributed by atoms with Crippen molar-refractivity contribution >= 4 is 24.4 Å². The van der Waals surface area contributed by atoms with Crippen LogP contribution in [0.2, 0.25) is 0 Å². The highest BCUT2D eigenvalue weighted by Crippen LogP contribution is 2.36. The summed E-state index contributed by atoms with van der Waals surface area (Å²) in [6.45, 7) is 2.15. The third-order valence-corrected chi connectivity index (χ3v) is 4.30. The summed E-state index contributed by atoms with van der Waals surface area (Å²) in [4.78, 5) is 11.5. The molecule has 0 aromatic carbocycles. The Morgan fingerprint density at radius 2 is 2.47 bits per heavy atom. The number of H-pyrrole nitrogens is 1. The SMILES string of the molecule is CC(CS)CSc1n[nH]c(=O)n1C1CC1. The largest absolute Gasteiger partial charge is 0.344 e. The first-order valence-electron chi connectivity index (χ1n) is 5.13. The monoisotopic (exact) mass is 245 g/mol. The van der Waals surface area contributed by atoms with Crippen LogP contribution < -0.4 is 5.69 Å². The van der Waals surface area contributed by atoms with E-state index in [1.165, 1.54) is 0 Å². The summed E-state index contributed by atoms with van der Waals surface area (Å²) < 4.78 is 1.79. The molecule has 1 fully saturated rings. The van der Waals surface area contributed by atoms with Crippen molar-refractivity contribution in [1.29, 1.82) is 0 Å². The molecule has 1 saturated carbocycles. The quantitative estimate of drug-likeness (QED) is 0.611. The minimum Gasteiger partial charge on any atom is -0.267 e. The van der Waals surface area contributed by atoms with Gasteiger partial charge in [-0.25, -0.2) is 9.89 Å². The van der Waals surface area contributed by atoms with Crippen LogP contribution in [0.25, 0.3) is 0 Å². The topological polar surface area (TPSA) is 50.7 Å². The zero-order valence-electron chi connectivity index (χ0n) is 8.64. The van der Waals surface area contributed by atoms with E-state index in [0.29, 0.717) is 12.0 Å². The van der Waals surface area contributed by atoms with E-state index in [1.54, 1.807) is 16.3 Å². The molecule has 1 N–H and O–H groups in total. The van der Waals surface area contributed by atoms with Crippen LogP contribution in [0, 0.1) is 5.92 Å². The Labute approximate surface area is 98.2 Å². The summed E-state index contributed by atoms with van der Waals surface area (Å²) in [6, 6.07) is 0.394. The number of nitrogens with one attached hydrogen (secondary N) is 1. The maximum absolute atomic E-state index is 11.5. The van der Waals surface area contributed by atoms with Crippen LogP contribution in [0.3, 0.4) is 0 Å². The van der Waals surface area contributed by atoms with Gasteiger partial charge < -0.3 is 0 Å². The van der Waals surface area contributed by atoms with Crippen molar-refractivity contribution in [3.8, 4) is 0 Å². The zero-order chi connectivity index (χ0) is 10.8. The molecule has 1 heterocycles. The van der Waals surface area contributed by atoms with Crippen LogP contribution in [-0.2, 0) is 0 Å². The van der Waals surface area contributed by atoms with Gasteiger partial charge in [0.05, 0.1) is 0 Å². The Balaban J connectivity index is 2.04. The number of thiol groups is 1. The summed E-state index contributed by atoms with van der Waals surface area (Å²) in [5, 5.41) is 7.39. The first kappa shape index (κ1) is 11.1. The number of thioether (sulfide) groups is 1. The number of hydrogen-bond donors (Lipinski definition) is 2. The van der Waals surface area contributed by atoms with E-state index < -0.39 is 0 Å². The zero-order valence-corrected chi connectivity index (χ0v) is 10.4. The number of nitrogens with zero attached hydrogens (tertiary/aromatic N) is 2. The lowest BCUT2D eigenvalue weighted by atomic mass is 10.3. The van der Waals surface area contributed by atoms with Gasteiger partial charge in [-0.3, -0.25) is 4.57 Å². The minimum absolute atomic E-state index is 0.0708. The van der Waals surface area contributed by atoms with Gasteiger partial charge in [0.15, 0.2) is 5.16 Å². The first-order chi connectivity index (χ1) is 7.22. The highest BCUT2D eigenvalue weighted by atomic mass is 32.2. The molecule has 0 saturated heterocycles. The summed E-state index contributed by atoms with van der Waals surface area (Å²) in [6.07, 6.45) is 2.21. The van der Waals surface area contributed by atoms with Crippen LogP contribution in [-0.4, -0.2) is 26.3 Å². The van der Waals surface area contributed by atoms with Gasteiger partial charge in [0.1, 0.15) is 0 Å². The predicted octanol–water partition coefficient (Wildman–Crippen LogP) is 1.56. The minimum atomic E-state index is -0.0708. The molecule has 1 aromatic rings. The van der Waals surface area contributed by atoms with Gasteiger partial charge in [-0.15, -0.1) is 5.10 Å². The van der Waals surface area contributed by atoms with Gasteiger partial charge in [0.25, 0.3) is 0 Å². The molecule has 0 bridgehead atoms. The van der Waals surface area contributed by atoms with Crippen molar-refractivity contribution in [3.63, 3.8) is 0 Å². The van der Waals surface area contributed by atoms with Gasteiger partial charge in [-0.1, -0.05) is 18.7 Å². The molecule has 1 aromatic heterocycles. The third kappa shape index (κ3) is 2.60. The lowest BCUT2D eigenvalue weighted by molar-refractivity contribution is 0.640. The van der Waals surface area contributed by atoms with Crippen LogP contribution in [0.1, 0.15) is 25.8 Å². The van der Waals surface area contributed by atoms with Crippen molar-refractivity contribution in [1.82, 2.24) is 14.8 Å². The average molecular weight is 245 g/mol. The van der Waals surface area contributed by atoms with Crippen LogP contribution in [0.4, 0.5) is 0 Å². The fraction of sp³-hybridized carbons (Fsp3) is 0.778. The van der Waals surface area contributed by atoms with E-state index in [0.717, 1.165) is 29.5 Å². The Morgan fingerprint density at radius 3 is 3.07 bits per heavy atom. The molecule has 6 heteroatoms. The molecule has 15 heavy (non-hydrogen) atoms. The maximum atomic E-state index is 11.5. The van der Waals surface area contributed by atoms with Gasteiger partial charge in [0, 0.05) is 11.8 Å². The van der Waals surface area contributed by atoms with E-state index in [4.69, 9.17) is 0 Å². The Hall–Kier alpha value is -0.360. The molecule has 84 valence electrons. The second-order valence-electron chi connectivity index (χ2n) is 4.01. The van der Waals surface area contributed by atoms with E-state index >= 15 is 0 Å². The van der Waals surface area contributed by atoms with Gasteiger partial charge in [-0.05, 0) is 24.5 Å². The van der Waals surface area contributed by atoms with Crippen molar-refractivity contribution in [2.75, 3.05) is 11.5 Å². The third-order valence-electron chi connectivity index (χ3n) is 2.39. The molecule has 0 spiro atoms. The van der Waals surface area contributed by atoms with Crippen molar-refractivity contribution in [2.24, 2.45) is 5.92 Å². The first-order valence-corrected chi connectivity index (χ1v) is 6.74. The normalized spacial score (nSPS) is 18.0. The smallest absolute Gasteiger partial charge is 0.267 e. The average Bonchev–Trinajstić information content (AvgIpc) is 3.00. The van der Waals surface area contributed by atoms with Crippen LogP contribution in [0.5, 0.6) is 0 Å². The van der Waals surface area contributed by atoms with Gasteiger partial charge >= 0.3 is 5.69 Å². The van der Waals surface area contributed by atoms with Crippen molar-refractivity contribution in [2.45, 2.75) is 31.0 Å². The standard InChI is InChI=1S/C9H15N3OS2/c1-6(4-14)5-15-9-11-10-8(13)12(9)7-2-3-7/h6-7,14H,2-5H2,1H3,(H,10,13). The Bertz CT molecular complexity index is 383.